The van der Waals surface area contributed by atoms with E-state index in [2.05, 4.69) is 4.74 Å². The predicted octanol–water partition coefficient (Wildman–Crippen LogP) is -0.209. The summed E-state index contributed by atoms with van der Waals surface area (Å²) in [5.41, 5.74) is 15.7. The van der Waals surface area contributed by atoms with Gasteiger partial charge in [-0.2, -0.15) is 5.26 Å². The van der Waals surface area contributed by atoms with Crippen molar-refractivity contribution in [2.45, 2.75) is 25.7 Å². The highest BCUT2D eigenvalue weighted by atomic mass is 16.5. The van der Waals surface area contributed by atoms with Gasteiger partial charge in [-0.15, -0.1) is 0 Å². The molecule has 0 spiro atoms. The van der Waals surface area contributed by atoms with Gasteiger partial charge in [-0.05, 0) is 38.9 Å². The standard InChI is InChI=1S/3C6H15NO2.C6H11NO2.C3H8O2.CH4O/c4*1-8-5-6-9-4-2-3-7;1-5-3-2-4;1-2/h3*2-7H2,1H3;2,4-6H2,1H3;4H,2-3H2,1H3;2H,1H3. The van der Waals surface area contributed by atoms with E-state index in [4.69, 9.17) is 70.6 Å². The highest BCUT2D eigenvalue weighted by Crippen LogP contribution is 1.81. The first-order chi connectivity index (χ1) is 21.1. The number of hydrogen-bond acceptors (Lipinski definition) is 15. The Balaban J connectivity index is -0.0000000991. The first-order valence-electron chi connectivity index (χ1n) is 14.4. The smallest absolute Gasteiger partial charge is 0.0700 e. The second-order valence-electron chi connectivity index (χ2n) is 7.47. The second kappa shape index (κ2) is 72.8. The average molecular weight is 637 g/mol. The number of nitriles is 1. The number of aliphatic hydroxyl groups excluding tert-OH is 2. The van der Waals surface area contributed by atoms with E-state index in [9.17, 15) is 0 Å². The molecule has 0 heterocycles. The van der Waals surface area contributed by atoms with Gasteiger partial charge in [0.2, 0.25) is 0 Å². The molecule has 0 aromatic rings. The first kappa shape index (κ1) is 54.4. The van der Waals surface area contributed by atoms with E-state index in [1.807, 2.05) is 6.07 Å². The van der Waals surface area contributed by atoms with E-state index in [1.54, 1.807) is 35.5 Å². The Morgan fingerprint density at radius 1 is 0.465 bits per heavy atom. The molecule has 0 rings (SSSR count). The van der Waals surface area contributed by atoms with E-state index < -0.39 is 0 Å². The minimum absolute atomic E-state index is 0.122. The van der Waals surface area contributed by atoms with Crippen LogP contribution < -0.4 is 17.2 Å². The van der Waals surface area contributed by atoms with Crippen molar-refractivity contribution < 1.29 is 52.8 Å². The molecule has 0 saturated heterocycles. The lowest BCUT2D eigenvalue weighted by Gasteiger charge is -2.00. The third kappa shape index (κ3) is 99.8. The van der Waals surface area contributed by atoms with Crippen LogP contribution in [0.2, 0.25) is 0 Å². The molecular formula is C28H68N4O11. The van der Waals surface area contributed by atoms with Crippen LogP contribution in [0.1, 0.15) is 25.7 Å². The normalized spacial score (nSPS) is 9.26. The maximum Gasteiger partial charge on any atom is 0.0700 e. The molecule has 15 heteroatoms. The van der Waals surface area contributed by atoms with Gasteiger partial charge in [0.25, 0.3) is 0 Å². The van der Waals surface area contributed by atoms with Crippen molar-refractivity contribution in [2.75, 3.05) is 155 Å². The maximum atomic E-state index is 8.06. The van der Waals surface area contributed by atoms with Crippen LogP contribution in [0.25, 0.3) is 0 Å². The van der Waals surface area contributed by atoms with Crippen molar-refractivity contribution in [1.82, 2.24) is 0 Å². The van der Waals surface area contributed by atoms with Gasteiger partial charge >= 0.3 is 0 Å². The molecule has 0 radical (unpaired) electrons. The molecule has 0 aromatic heterocycles. The number of aliphatic hydroxyl groups is 2. The Morgan fingerprint density at radius 3 is 0.930 bits per heavy atom. The fourth-order valence-electron chi connectivity index (χ4n) is 1.74. The second-order valence-corrected chi connectivity index (χ2v) is 7.47. The van der Waals surface area contributed by atoms with Crippen LogP contribution in [0.15, 0.2) is 0 Å². The Bertz CT molecular complexity index is 362. The lowest BCUT2D eigenvalue weighted by molar-refractivity contribution is 0.0702. The molecule has 0 aliphatic rings. The van der Waals surface area contributed by atoms with E-state index in [-0.39, 0.29) is 6.61 Å². The number of hydrogen-bond donors (Lipinski definition) is 5. The molecule has 0 atom stereocenters. The van der Waals surface area contributed by atoms with Gasteiger partial charge in [0.05, 0.1) is 85.2 Å². The summed E-state index contributed by atoms with van der Waals surface area (Å²) in [5.74, 6) is 0. The number of methoxy groups -OCH3 is 5. The third-order valence-corrected chi connectivity index (χ3v) is 3.86. The first-order valence-corrected chi connectivity index (χ1v) is 14.4. The monoisotopic (exact) mass is 636 g/mol. The molecule has 0 unspecified atom stereocenters. The Morgan fingerprint density at radius 2 is 0.744 bits per heavy atom. The van der Waals surface area contributed by atoms with Crippen LogP contribution >= 0.6 is 0 Å². The van der Waals surface area contributed by atoms with E-state index in [0.29, 0.717) is 92.1 Å². The molecule has 0 amide bonds. The molecule has 43 heavy (non-hydrogen) atoms. The van der Waals surface area contributed by atoms with Crippen LogP contribution in [0.5, 0.6) is 0 Å². The molecule has 0 saturated carbocycles. The zero-order valence-corrected chi connectivity index (χ0v) is 28.1. The number of nitrogens with two attached hydrogens (primary N) is 3. The summed E-state index contributed by atoms with van der Waals surface area (Å²) in [7, 11) is 9.15. The molecule has 0 aliphatic heterocycles. The van der Waals surface area contributed by atoms with Gasteiger partial charge in [0, 0.05) is 62.5 Å². The fourth-order valence-corrected chi connectivity index (χ4v) is 1.74. The number of rotatable bonds is 25. The van der Waals surface area contributed by atoms with Gasteiger partial charge in [0.15, 0.2) is 0 Å². The third-order valence-electron chi connectivity index (χ3n) is 3.86. The molecule has 0 bridgehead atoms. The number of ether oxygens (including phenoxy) is 9. The SMILES string of the molecule is CO.COCCO.COCCOCCC#N.COCCOCCCN.COCCOCCCN.COCCOCCCN. The highest BCUT2D eigenvalue weighted by molar-refractivity contribution is 4.66. The molecule has 0 aliphatic carbocycles. The molecule has 15 nitrogen and oxygen atoms in total. The van der Waals surface area contributed by atoms with Crippen molar-refractivity contribution in [3.05, 3.63) is 0 Å². The molecule has 0 aromatic carbocycles. The summed E-state index contributed by atoms with van der Waals surface area (Å²) in [6, 6.07) is 1.98. The molecule has 0 fully saturated rings. The van der Waals surface area contributed by atoms with Crippen molar-refractivity contribution >= 4 is 0 Å². The van der Waals surface area contributed by atoms with Gasteiger partial charge in [0.1, 0.15) is 0 Å². The fraction of sp³-hybridized carbons (Fsp3) is 0.964. The predicted molar refractivity (Wildman–Crippen MR) is 169 cm³/mol. The lowest BCUT2D eigenvalue weighted by atomic mass is 10.5. The summed E-state index contributed by atoms with van der Waals surface area (Å²) >= 11 is 0. The van der Waals surface area contributed by atoms with Gasteiger partial charge in [-0.25, -0.2) is 0 Å². The Kier molecular flexibility index (Phi) is 92.2. The van der Waals surface area contributed by atoms with Crippen molar-refractivity contribution in [3.63, 3.8) is 0 Å². The van der Waals surface area contributed by atoms with Crippen LogP contribution in [-0.2, 0) is 42.6 Å². The van der Waals surface area contributed by atoms with Crippen molar-refractivity contribution in [3.8, 4) is 6.07 Å². The van der Waals surface area contributed by atoms with E-state index in [1.165, 1.54) is 0 Å². The van der Waals surface area contributed by atoms with E-state index >= 15 is 0 Å². The summed E-state index contributed by atoms with van der Waals surface area (Å²) in [4.78, 5) is 0. The summed E-state index contributed by atoms with van der Waals surface area (Å²) in [6.07, 6.45) is 3.26. The maximum absolute atomic E-state index is 8.06. The average Bonchev–Trinajstić information content (AvgIpc) is 3.04. The highest BCUT2D eigenvalue weighted by Gasteiger charge is 1.86. The van der Waals surface area contributed by atoms with Gasteiger partial charge in [-0.1, -0.05) is 0 Å². The van der Waals surface area contributed by atoms with Crippen molar-refractivity contribution in [1.29, 1.82) is 5.26 Å². The lowest BCUT2D eigenvalue weighted by Crippen LogP contribution is -2.07. The van der Waals surface area contributed by atoms with Crippen LogP contribution in [0.4, 0.5) is 0 Å². The quantitative estimate of drug-likeness (QED) is 0.0817. The van der Waals surface area contributed by atoms with Crippen LogP contribution in [0.3, 0.4) is 0 Å². The van der Waals surface area contributed by atoms with Gasteiger partial charge in [-0.3, -0.25) is 0 Å². The Hall–Kier alpha value is -1.07. The summed E-state index contributed by atoms with van der Waals surface area (Å²) in [5, 5.41) is 23.0. The summed E-state index contributed by atoms with van der Waals surface area (Å²) < 4.78 is 43.7. The molecule has 266 valence electrons. The summed E-state index contributed by atoms with van der Waals surface area (Å²) in [6.45, 7) is 10.7. The molecular weight excluding hydrogens is 568 g/mol. The Labute approximate surface area is 262 Å². The molecule has 8 N–H and O–H groups in total. The topological polar surface area (TPSA) is 225 Å². The minimum atomic E-state index is 0.122. The zero-order valence-electron chi connectivity index (χ0n) is 28.1. The largest absolute Gasteiger partial charge is 0.400 e. The van der Waals surface area contributed by atoms with E-state index in [0.717, 1.165) is 46.2 Å². The van der Waals surface area contributed by atoms with Crippen LogP contribution in [0, 0.1) is 11.3 Å². The van der Waals surface area contributed by atoms with Gasteiger partial charge < -0.3 is 70.0 Å². The zero-order chi connectivity index (χ0) is 33.9. The minimum Gasteiger partial charge on any atom is -0.400 e. The number of nitrogens with zero attached hydrogens (tertiary/aromatic N) is 1. The van der Waals surface area contributed by atoms with Crippen molar-refractivity contribution in [2.24, 2.45) is 17.2 Å². The van der Waals surface area contributed by atoms with Crippen LogP contribution in [-0.4, -0.2) is 165 Å².